The van der Waals surface area contributed by atoms with Gasteiger partial charge in [0, 0.05) is 39.0 Å². The van der Waals surface area contributed by atoms with Gasteiger partial charge in [0.05, 0.1) is 40.8 Å². The zero-order chi connectivity index (χ0) is 47.8. The molecule has 0 aromatic heterocycles. The van der Waals surface area contributed by atoms with Crippen LogP contribution in [0.25, 0.3) is 21.5 Å². The second kappa shape index (κ2) is 20.2. The first-order valence-corrected chi connectivity index (χ1v) is 22.8. The van der Waals surface area contributed by atoms with Crippen molar-refractivity contribution >= 4 is 94.7 Å². The molecule has 0 radical (unpaired) electrons. The fourth-order valence-electron chi connectivity index (χ4n) is 7.01. The van der Waals surface area contributed by atoms with Gasteiger partial charge in [0.1, 0.15) is 11.4 Å². The number of nitrogens with one attached hydrogen (secondary N) is 2. The number of azo groups is 3. The predicted molar refractivity (Wildman–Crippen MR) is 264 cm³/mol. The van der Waals surface area contributed by atoms with E-state index in [1.54, 1.807) is 121 Å². The van der Waals surface area contributed by atoms with Crippen molar-refractivity contribution in [2.75, 3.05) is 28.7 Å². The Morgan fingerprint density at radius 3 is 1.72 bits per heavy atom. The van der Waals surface area contributed by atoms with Gasteiger partial charge in [-0.05, 0) is 170 Å². The molecule has 16 nitrogen and oxygen atoms in total. The molecule has 0 bridgehead atoms. The van der Waals surface area contributed by atoms with Gasteiger partial charge in [0.15, 0.2) is 5.75 Å². The van der Waals surface area contributed by atoms with E-state index in [9.17, 15) is 23.1 Å². The SMILES string of the molecule is Cc1cc(N=Nc2ccc(N=Nc3ccc4cc(NC(=O)c5ccc(N)cc5)ccc4c3O)cc2C)ccc1N=Nc1ccc(C(=O)Nc2ccc3cccc(OCCCS(=O)(=O)O)c3c2)cc1. The number of nitrogen functional groups attached to an aromatic ring is 1. The molecule has 340 valence electrons. The Bertz CT molecular complexity index is 3420. The highest BCUT2D eigenvalue weighted by atomic mass is 32.2. The third-order valence-electron chi connectivity index (χ3n) is 10.6. The Morgan fingerprint density at radius 2 is 1.10 bits per heavy atom. The number of phenols is 1. The van der Waals surface area contributed by atoms with Gasteiger partial charge in [0.25, 0.3) is 21.9 Å². The van der Waals surface area contributed by atoms with Crippen LogP contribution in [0.5, 0.6) is 11.5 Å². The van der Waals surface area contributed by atoms with E-state index in [4.69, 9.17) is 15.0 Å². The molecule has 2 amide bonds. The molecular formula is C51H43N9O7S. The maximum absolute atomic E-state index is 13.1. The van der Waals surface area contributed by atoms with Crippen LogP contribution in [-0.4, -0.2) is 42.3 Å². The number of nitrogens with zero attached hydrogens (tertiary/aromatic N) is 6. The number of hydrogen-bond acceptors (Lipinski definition) is 13. The summed E-state index contributed by atoms with van der Waals surface area (Å²) < 4.78 is 36.9. The van der Waals surface area contributed by atoms with E-state index in [0.717, 1.165) is 21.9 Å². The van der Waals surface area contributed by atoms with Crippen molar-refractivity contribution in [3.05, 3.63) is 174 Å². The number of ether oxygens (including phenoxy) is 1. The summed E-state index contributed by atoms with van der Waals surface area (Å²) in [5.41, 5.74) is 13.2. The number of phenolic OH excluding ortho intramolecular Hbond substituents is 1. The van der Waals surface area contributed by atoms with Crippen LogP contribution in [0.1, 0.15) is 38.3 Å². The normalized spacial score (nSPS) is 11.8. The number of nitrogens with two attached hydrogens (primary N) is 1. The molecule has 0 unspecified atom stereocenters. The number of benzene rings is 8. The molecule has 0 aliphatic heterocycles. The Kier molecular flexibility index (Phi) is 13.7. The maximum Gasteiger partial charge on any atom is 0.264 e. The smallest absolute Gasteiger partial charge is 0.264 e. The van der Waals surface area contributed by atoms with Gasteiger partial charge in [0.2, 0.25) is 0 Å². The molecule has 0 aliphatic carbocycles. The Hall–Kier alpha value is -8.67. The van der Waals surface area contributed by atoms with Crippen molar-refractivity contribution in [2.24, 2.45) is 30.7 Å². The van der Waals surface area contributed by atoms with Gasteiger partial charge in [-0.3, -0.25) is 14.1 Å². The molecule has 0 heterocycles. The number of aryl methyl sites for hydroxylation is 2. The molecule has 0 atom stereocenters. The van der Waals surface area contributed by atoms with Crippen molar-refractivity contribution in [2.45, 2.75) is 20.3 Å². The molecule has 0 spiro atoms. The van der Waals surface area contributed by atoms with E-state index in [1.165, 1.54) is 0 Å². The molecule has 68 heavy (non-hydrogen) atoms. The van der Waals surface area contributed by atoms with E-state index >= 15 is 0 Å². The lowest BCUT2D eigenvalue weighted by molar-refractivity contribution is 0.101. The molecular weight excluding hydrogens is 883 g/mol. The third kappa shape index (κ3) is 11.6. The number of anilines is 3. The summed E-state index contributed by atoms with van der Waals surface area (Å²) in [4.78, 5) is 25.8. The lowest BCUT2D eigenvalue weighted by Gasteiger charge is -2.11. The first kappa shape index (κ1) is 45.9. The average molecular weight is 926 g/mol. The minimum Gasteiger partial charge on any atom is -0.505 e. The Morgan fingerprint density at radius 1 is 0.574 bits per heavy atom. The molecule has 0 saturated carbocycles. The highest BCUT2D eigenvalue weighted by Crippen LogP contribution is 2.38. The maximum atomic E-state index is 13.1. The van der Waals surface area contributed by atoms with Gasteiger partial charge in [-0.15, -0.1) is 5.11 Å². The molecule has 8 aromatic carbocycles. The van der Waals surface area contributed by atoms with Gasteiger partial charge in [-0.1, -0.05) is 24.3 Å². The summed E-state index contributed by atoms with van der Waals surface area (Å²) in [5.74, 6) is -0.514. The molecule has 8 aromatic rings. The highest BCUT2D eigenvalue weighted by Gasteiger charge is 2.13. The van der Waals surface area contributed by atoms with Crippen molar-refractivity contribution in [1.29, 1.82) is 0 Å². The van der Waals surface area contributed by atoms with Crippen LogP contribution in [-0.2, 0) is 10.1 Å². The first-order chi connectivity index (χ1) is 32.7. The fraction of sp³-hybridized carbons (Fsp3) is 0.0980. The van der Waals surface area contributed by atoms with E-state index in [0.29, 0.717) is 73.1 Å². The molecule has 8 rings (SSSR count). The highest BCUT2D eigenvalue weighted by molar-refractivity contribution is 7.85. The van der Waals surface area contributed by atoms with Crippen LogP contribution in [0.4, 0.5) is 51.2 Å². The zero-order valence-electron chi connectivity index (χ0n) is 36.7. The number of aromatic hydroxyl groups is 1. The fourth-order valence-corrected chi connectivity index (χ4v) is 7.50. The van der Waals surface area contributed by atoms with Gasteiger partial charge >= 0.3 is 0 Å². The topological polar surface area (TPSA) is 242 Å². The molecule has 0 fully saturated rings. The van der Waals surface area contributed by atoms with Crippen LogP contribution in [0.15, 0.2) is 182 Å². The van der Waals surface area contributed by atoms with E-state index in [1.807, 2.05) is 44.2 Å². The van der Waals surface area contributed by atoms with Crippen molar-refractivity contribution in [3.8, 4) is 11.5 Å². The lowest BCUT2D eigenvalue weighted by atomic mass is 10.1. The van der Waals surface area contributed by atoms with Gasteiger partial charge < -0.3 is 26.2 Å². The number of rotatable bonds is 15. The van der Waals surface area contributed by atoms with E-state index in [2.05, 4.69) is 41.3 Å². The second-order valence-electron chi connectivity index (χ2n) is 15.7. The van der Waals surface area contributed by atoms with Crippen molar-refractivity contribution < 1.29 is 32.4 Å². The number of hydrogen-bond donors (Lipinski definition) is 5. The summed E-state index contributed by atoms with van der Waals surface area (Å²) in [6, 6.07) is 43.7. The quantitative estimate of drug-likeness (QED) is 0.0286. The Labute approximate surface area is 390 Å². The summed E-state index contributed by atoms with van der Waals surface area (Å²) in [7, 11) is -4.07. The van der Waals surface area contributed by atoms with Crippen LogP contribution in [0, 0.1) is 13.8 Å². The minimum atomic E-state index is -4.07. The van der Waals surface area contributed by atoms with Gasteiger partial charge in [-0.25, -0.2) is 0 Å². The molecule has 0 saturated heterocycles. The molecule has 6 N–H and O–H groups in total. The van der Waals surface area contributed by atoms with E-state index in [-0.39, 0.29) is 36.3 Å². The minimum absolute atomic E-state index is 0.0375. The largest absolute Gasteiger partial charge is 0.505 e. The number of amides is 2. The van der Waals surface area contributed by atoms with E-state index < -0.39 is 15.9 Å². The van der Waals surface area contributed by atoms with Crippen molar-refractivity contribution in [1.82, 2.24) is 0 Å². The number of carbonyl (C=O) groups excluding carboxylic acids is 2. The summed E-state index contributed by atoms with van der Waals surface area (Å²) in [6.07, 6.45) is 0.127. The molecule has 17 heteroatoms. The van der Waals surface area contributed by atoms with Gasteiger partial charge in [-0.2, -0.15) is 34.0 Å². The third-order valence-corrected chi connectivity index (χ3v) is 11.4. The summed E-state index contributed by atoms with van der Waals surface area (Å²) in [5, 5.41) is 45.9. The Balaban J connectivity index is 0.849. The molecule has 0 aliphatic rings. The lowest BCUT2D eigenvalue weighted by Crippen LogP contribution is -2.11. The monoisotopic (exact) mass is 925 g/mol. The second-order valence-corrected chi connectivity index (χ2v) is 17.2. The zero-order valence-corrected chi connectivity index (χ0v) is 37.5. The van der Waals surface area contributed by atoms with Crippen molar-refractivity contribution in [3.63, 3.8) is 0 Å². The summed E-state index contributed by atoms with van der Waals surface area (Å²) >= 11 is 0. The first-order valence-electron chi connectivity index (χ1n) is 21.2. The van der Waals surface area contributed by atoms with Crippen LogP contribution in [0.3, 0.4) is 0 Å². The standard InChI is InChI=1S/C51H43N9O7S/c1-31-27-41(19-23-45(31)58-55-38-15-10-35(11-16-38)51(63)54-40-17-9-33-5-3-6-48(44(33)30-40)67-25-4-26-68(64,65)66)56-59-46-24-20-42(28-32(46)2)57-60-47-22-12-36-29-39(18-21-43(36)49(47)61)53-50(62)34-7-13-37(52)14-8-34/h3,5-24,27-30,61H,4,25-26,52H2,1-2H3,(H,53,62)(H,54,63)(H,64,65,66). The average Bonchev–Trinajstić information content (AvgIpc) is 3.32. The number of carbonyl (C=O) groups is 2. The van der Waals surface area contributed by atoms with Crippen LogP contribution in [0.2, 0.25) is 0 Å². The van der Waals surface area contributed by atoms with Crippen LogP contribution < -0.4 is 21.1 Å². The number of fused-ring (bicyclic) bond motifs is 2. The van der Waals surface area contributed by atoms with Crippen LogP contribution >= 0.6 is 0 Å². The summed E-state index contributed by atoms with van der Waals surface area (Å²) in [6.45, 7) is 3.88. The predicted octanol–water partition coefficient (Wildman–Crippen LogP) is 13.3.